The summed E-state index contributed by atoms with van der Waals surface area (Å²) in [5.74, 6) is -1.52. The van der Waals surface area contributed by atoms with Gasteiger partial charge in [0.25, 0.3) is 0 Å². The molecule has 6 heteroatoms. The van der Waals surface area contributed by atoms with Crippen LogP contribution >= 0.6 is 0 Å². The van der Waals surface area contributed by atoms with Crippen LogP contribution in [0.3, 0.4) is 0 Å². The van der Waals surface area contributed by atoms with E-state index in [2.05, 4.69) is 5.32 Å². The second kappa shape index (κ2) is 7.84. The van der Waals surface area contributed by atoms with Gasteiger partial charge in [-0.3, -0.25) is 4.79 Å². The molecule has 4 N–H and O–H groups in total. The van der Waals surface area contributed by atoms with E-state index in [9.17, 15) is 9.59 Å². The van der Waals surface area contributed by atoms with E-state index in [4.69, 9.17) is 15.6 Å². The van der Waals surface area contributed by atoms with E-state index in [1.165, 1.54) is 0 Å². The molecule has 0 spiro atoms. The molecule has 0 aromatic rings. The predicted octanol–water partition coefficient (Wildman–Crippen LogP) is 0.135. The Hall–Kier alpha value is -1.40. The molecule has 0 rings (SSSR count). The lowest BCUT2D eigenvalue weighted by Crippen LogP contribution is -2.28. The van der Waals surface area contributed by atoms with E-state index in [1.807, 2.05) is 0 Å². The number of carbonyl (C=O) groups excluding carboxylic acids is 1. The van der Waals surface area contributed by atoms with Crippen LogP contribution in [0.2, 0.25) is 0 Å². The summed E-state index contributed by atoms with van der Waals surface area (Å²) >= 11 is 0. The van der Waals surface area contributed by atoms with Crippen molar-refractivity contribution in [3.05, 3.63) is 11.6 Å². The van der Waals surface area contributed by atoms with E-state index in [0.29, 0.717) is 26.3 Å². The number of rotatable bonds is 7. The number of nitrogens with one attached hydrogen (secondary N) is 1. The fourth-order valence-electron chi connectivity index (χ4n) is 1.21. The number of aliphatic carboxylic acids is 1. The van der Waals surface area contributed by atoms with E-state index in [-0.39, 0.29) is 5.57 Å². The first-order chi connectivity index (χ1) is 8.29. The van der Waals surface area contributed by atoms with Crippen molar-refractivity contribution in [2.75, 3.05) is 26.3 Å². The molecule has 1 amide bonds. The molecule has 0 unspecified atom stereocenters. The van der Waals surface area contributed by atoms with Gasteiger partial charge in [-0.05, 0) is 5.41 Å². The lowest BCUT2D eigenvalue weighted by atomic mass is 9.86. The first-order valence-electron chi connectivity index (χ1n) is 5.80. The minimum absolute atomic E-state index is 0.0721. The van der Waals surface area contributed by atoms with E-state index >= 15 is 0 Å². The molecule has 0 bridgehead atoms. The van der Waals surface area contributed by atoms with Crippen molar-refractivity contribution in [3.8, 4) is 0 Å². The first-order valence-corrected chi connectivity index (χ1v) is 5.80. The number of nitrogens with two attached hydrogens (primary N) is 1. The summed E-state index contributed by atoms with van der Waals surface area (Å²) in [5.41, 5.74) is 4.72. The van der Waals surface area contributed by atoms with Crippen LogP contribution < -0.4 is 11.1 Å². The van der Waals surface area contributed by atoms with Crippen molar-refractivity contribution in [1.29, 1.82) is 0 Å². The number of carboxylic acids is 1. The SMILES string of the molecule is CC(C)(C)/C(=C/C(=O)NCCOCCN)C(=O)O. The Balaban J connectivity index is 4.28. The monoisotopic (exact) mass is 258 g/mol. The van der Waals surface area contributed by atoms with Gasteiger partial charge in [-0.15, -0.1) is 0 Å². The predicted molar refractivity (Wildman–Crippen MR) is 68.1 cm³/mol. The summed E-state index contributed by atoms with van der Waals surface area (Å²) < 4.78 is 5.08. The molecule has 0 aliphatic heterocycles. The normalized spacial score (nSPS) is 12.3. The van der Waals surface area contributed by atoms with Crippen LogP contribution in [0, 0.1) is 5.41 Å². The van der Waals surface area contributed by atoms with Gasteiger partial charge in [0.2, 0.25) is 5.91 Å². The zero-order valence-corrected chi connectivity index (χ0v) is 11.2. The third kappa shape index (κ3) is 7.03. The van der Waals surface area contributed by atoms with Gasteiger partial charge in [-0.25, -0.2) is 4.79 Å². The molecular weight excluding hydrogens is 236 g/mol. The van der Waals surface area contributed by atoms with Gasteiger partial charge in [-0.2, -0.15) is 0 Å². The molecule has 18 heavy (non-hydrogen) atoms. The standard InChI is InChI=1S/C12H22N2O4/c1-12(2,3)9(11(16)17)8-10(15)14-5-7-18-6-4-13/h8H,4-7,13H2,1-3H3,(H,14,15)(H,16,17)/b9-8+. The highest BCUT2D eigenvalue weighted by atomic mass is 16.5. The van der Waals surface area contributed by atoms with Gasteiger partial charge in [0.05, 0.1) is 13.2 Å². The van der Waals surface area contributed by atoms with Crippen LogP contribution in [-0.4, -0.2) is 43.3 Å². The molecule has 0 radical (unpaired) electrons. The highest BCUT2D eigenvalue weighted by Gasteiger charge is 2.24. The highest BCUT2D eigenvalue weighted by molar-refractivity contribution is 5.98. The molecule has 0 aliphatic rings. The molecule has 0 fully saturated rings. The molecular formula is C12H22N2O4. The summed E-state index contributed by atoms with van der Waals surface area (Å²) in [6, 6.07) is 0. The van der Waals surface area contributed by atoms with Crippen LogP contribution in [0.1, 0.15) is 20.8 Å². The molecule has 0 aromatic carbocycles. The molecule has 104 valence electrons. The van der Waals surface area contributed by atoms with Crippen LogP contribution in [0.4, 0.5) is 0 Å². The number of carbonyl (C=O) groups is 2. The molecule has 0 aliphatic carbocycles. The van der Waals surface area contributed by atoms with Gasteiger partial charge in [0.1, 0.15) is 0 Å². The van der Waals surface area contributed by atoms with Crippen molar-refractivity contribution in [2.45, 2.75) is 20.8 Å². The molecule has 0 aromatic heterocycles. The van der Waals surface area contributed by atoms with Crippen molar-refractivity contribution in [2.24, 2.45) is 11.1 Å². The van der Waals surface area contributed by atoms with Crippen molar-refractivity contribution in [1.82, 2.24) is 5.32 Å². The lowest BCUT2D eigenvalue weighted by Gasteiger charge is -2.19. The molecule has 6 nitrogen and oxygen atoms in total. The number of carboxylic acid groups (broad SMARTS) is 1. The smallest absolute Gasteiger partial charge is 0.332 e. The number of hydrogen-bond donors (Lipinski definition) is 3. The van der Waals surface area contributed by atoms with Crippen LogP contribution in [0.15, 0.2) is 11.6 Å². The molecule has 0 atom stereocenters. The fraction of sp³-hybridized carbons (Fsp3) is 0.667. The first kappa shape index (κ1) is 16.6. The molecule has 0 saturated carbocycles. The third-order valence-electron chi connectivity index (χ3n) is 2.12. The Morgan fingerprint density at radius 2 is 1.94 bits per heavy atom. The second-order valence-electron chi connectivity index (χ2n) is 4.81. The Bertz CT molecular complexity index is 319. The zero-order valence-electron chi connectivity index (χ0n) is 11.2. The minimum atomic E-state index is -1.09. The fourth-order valence-corrected chi connectivity index (χ4v) is 1.21. The van der Waals surface area contributed by atoms with Gasteiger partial charge in [0.15, 0.2) is 0 Å². The minimum Gasteiger partial charge on any atom is -0.478 e. The largest absolute Gasteiger partial charge is 0.478 e. The zero-order chi connectivity index (χ0) is 14.2. The van der Waals surface area contributed by atoms with Gasteiger partial charge in [0, 0.05) is 24.7 Å². The maximum absolute atomic E-state index is 11.5. The Morgan fingerprint density at radius 3 is 2.39 bits per heavy atom. The maximum Gasteiger partial charge on any atom is 0.332 e. The summed E-state index contributed by atoms with van der Waals surface area (Å²) in [6.07, 6.45) is 1.12. The summed E-state index contributed by atoms with van der Waals surface area (Å²) in [4.78, 5) is 22.5. The average molecular weight is 258 g/mol. The number of amides is 1. The summed E-state index contributed by atoms with van der Waals surface area (Å²) in [6.45, 7) is 6.77. The summed E-state index contributed by atoms with van der Waals surface area (Å²) in [5, 5.41) is 11.6. The summed E-state index contributed by atoms with van der Waals surface area (Å²) in [7, 11) is 0. The molecule has 0 saturated heterocycles. The van der Waals surface area contributed by atoms with Crippen molar-refractivity contribution >= 4 is 11.9 Å². The highest BCUT2D eigenvalue weighted by Crippen LogP contribution is 2.24. The Kier molecular flexibility index (Phi) is 7.23. The number of ether oxygens (including phenoxy) is 1. The van der Waals surface area contributed by atoms with Crippen LogP contribution in [0.25, 0.3) is 0 Å². The number of hydrogen-bond acceptors (Lipinski definition) is 4. The van der Waals surface area contributed by atoms with E-state index in [0.717, 1.165) is 6.08 Å². The quantitative estimate of drug-likeness (QED) is 0.445. The maximum atomic E-state index is 11.5. The lowest BCUT2D eigenvalue weighted by molar-refractivity contribution is -0.134. The molecule has 0 heterocycles. The second-order valence-corrected chi connectivity index (χ2v) is 4.81. The van der Waals surface area contributed by atoms with E-state index < -0.39 is 17.3 Å². The Morgan fingerprint density at radius 1 is 1.33 bits per heavy atom. The van der Waals surface area contributed by atoms with Gasteiger partial charge < -0.3 is 20.9 Å². The van der Waals surface area contributed by atoms with Gasteiger partial charge >= 0.3 is 5.97 Å². The average Bonchev–Trinajstić information content (AvgIpc) is 2.23. The van der Waals surface area contributed by atoms with Crippen molar-refractivity contribution < 1.29 is 19.4 Å². The van der Waals surface area contributed by atoms with Crippen LogP contribution in [0.5, 0.6) is 0 Å². The topological polar surface area (TPSA) is 102 Å². The van der Waals surface area contributed by atoms with Gasteiger partial charge in [-0.1, -0.05) is 20.8 Å². The van der Waals surface area contributed by atoms with E-state index in [1.54, 1.807) is 20.8 Å². The van der Waals surface area contributed by atoms with Crippen LogP contribution in [-0.2, 0) is 14.3 Å². The third-order valence-corrected chi connectivity index (χ3v) is 2.12. The Labute approximate surface area is 107 Å². The van der Waals surface area contributed by atoms with Crippen molar-refractivity contribution in [3.63, 3.8) is 0 Å².